The minimum Gasteiger partial charge on any atom is -0.300 e. The highest BCUT2D eigenvalue weighted by atomic mass is 16.2. The number of nitrogens with one attached hydrogen (secondary N) is 1. The molecule has 1 heterocycles. The molecule has 1 aliphatic carbocycles. The van der Waals surface area contributed by atoms with Crippen LogP contribution in [0.3, 0.4) is 0 Å². The van der Waals surface area contributed by atoms with Crippen LogP contribution in [0.2, 0.25) is 0 Å². The molecule has 0 bridgehead atoms. The summed E-state index contributed by atoms with van der Waals surface area (Å²) >= 11 is 0. The molecule has 1 atom stereocenters. The minimum absolute atomic E-state index is 0.00146. The van der Waals surface area contributed by atoms with Crippen molar-refractivity contribution in [2.75, 3.05) is 0 Å². The Morgan fingerprint density at radius 2 is 1.84 bits per heavy atom. The third-order valence-corrected chi connectivity index (χ3v) is 4.57. The summed E-state index contributed by atoms with van der Waals surface area (Å²) in [6.07, 6.45) is 6.76. The number of likely N-dealkylation sites (tertiary alicyclic amines) is 1. The molecule has 1 N–H and O–H groups in total. The molecule has 0 aromatic heterocycles. The van der Waals surface area contributed by atoms with Gasteiger partial charge in [0.1, 0.15) is 0 Å². The summed E-state index contributed by atoms with van der Waals surface area (Å²) in [5.41, 5.74) is -0.0941. The lowest BCUT2D eigenvalue weighted by molar-refractivity contribution is -0.142. The van der Waals surface area contributed by atoms with E-state index in [1.807, 2.05) is 0 Å². The first-order valence-corrected chi connectivity index (χ1v) is 7.58. The summed E-state index contributed by atoms with van der Waals surface area (Å²) in [4.78, 5) is 26.1. The fourth-order valence-electron chi connectivity index (χ4n) is 3.06. The van der Waals surface area contributed by atoms with Gasteiger partial charge in [0.15, 0.2) is 0 Å². The third kappa shape index (κ3) is 3.16. The van der Waals surface area contributed by atoms with Crippen LogP contribution in [0.5, 0.6) is 0 Å². The monoisotopic (exact) mass is 266 g/mol. The smallest absolute Gasteiger partial charge is 0.247 e. The van der Waals surface area contributed by atoms with E-state index in [-0.39, 0.29) is 29.4 Å². The normalized spacial score (nSPS) is 26.3. The van der Waals surface area contributed by atoms with Gasteiger partial charge in [0, 0.05) is 11.6 Å². The summed E-state index contributed by atoms with van der Waals surface area (Å²) in [6.45, 7) is 6.25. The third-order valence-electron chi connectivity index (χ3n) is 4.57. The van der Waals surface area contributed by atoms with E-state index in [1.165, 1.54) is 6.42 Å². The second kappa shape index (κ2) is 5.61. The first-order valence-electron chi connectivity index (χ1n) is 7.58. The molecule has 2 aliphatic rings. The van der Waals surface area contributed by atoms with Gasteiger partial charge in [-0.3, -0.25) is 14.5 Å². The molecule has 19 heavy (non-hydrogen) atoms. The molecule has 2 amide bonds. The van der Waals surface area contributed by atoms with E-state index in [1.54, 1.807) is 4.90 Å². The zero-order valence-electron chi connectivity index (χ0n) is 12.4. The Kier molecular flexibility index (Phi) is 4.29. The number of amides is 2. The van der Waals surface area contributed by atoms with Gasteiger partial charge in [0.05, 0.1) is 12.5 Å². The van der Waals surface area contributed by atoms with Crippen LogP contribution in [0.4, 0.5) is 0 Å². The quantitative estimate of drug-likeness (QED) is 0.794. The fourth-order valence-corrected chi connectivity index (χ4v) is 3.06. The molecule has 4 heteroatoms. The molecular weight excluding hydrogens is 240 g/mol. The lowest BCUT2D eigenvalue weighted by Crippen LogP contribution is -2.50. The van der Waals surface area contributed by atoms with Gasteiger partial charge in [-0.15, -0.1) is 0 Å². The predicted octanol–water partition coefficient (Wildman–Crippen LogP) is 2.22. The van der Waals surface area contributed by atoms with Crippen molar-refractivity contribution in [3.63, 3.8) is 0 Å². The molecule has 4 nitrogen and oxygen atoms in total. The Labute approximate surface area is 115 Å². The van der Waals surface area contributed by atoms with Crippen molar-refractivity contribution in [2.24, 2.45) is 0 Å². The molecule has 2 fully saturated rings. The molecule has 1 unspecified atom stereocenters. The molecule has 108 valence electrons. The van der Waals surface area contributed by atoms with E-state index >= 15 is 0 Å². The van der Waals surface area contributed by atoms with Crippen LogP contribution in [0, 0.1) is 0 Å². The van der Waals surface area contributed by atoms with Gasteiger partial charge in [-0.1, -0.05) is 26.2 Å². The zero-order chi connectivity index (χ0) is 14.0. The van der Waals surface area contributed by atoms with Crippen LogP contribution in [0.25, 0.3) is 0 Å². The number of hydrogen-bond acceptors (Lipinski definition) is 3. The fraction of sp³-hybridized carbons (Fsp3) is 0.867. The summed E-state index contributed by atoms with van der Waals surface area (Å²) in [5.74, 6) is 0.0136. The Hall–Kier alpha value is -0.900. The Balaban J connectivity index is 2.03. The average Bonchev–Trinajstić information content (AvgIpc) is 2.65. The number of nitrogens with zero attached hydrogens (tertiary/aromatic N) is 1. The summed E-state index contributed by atoms with van der Waals surface area (Å²) in [7, 11) is 0. The molecule has 1 saturated carbocycles. The summed E-state index contributed by atoms with van der Waals surface area (Å²) < 4.78 is 0. The largest absolute Gasteiger partial charge is 0.300 e. The van der Waals surface area contributed by atoms with Crippen LogP contribution < -0.4 is 5.32 Å². The highest BCUT2D eigenvalue weighted by Crippen LogP contribution is 2.28. The maximum atomic E-state index is 12.5. The van der Waals surface area contributed by atoms with Gasteiger partial charge >= 0.3 is 0 Å². The zero-order valence-corrected chi connectivity index (χ0v) is 12.4. The van der Waals surface area contributed by atoms with E-state index in [2.05, 4.69) is 26.1 Å². The Bertz CT molecular complexity index is 359. The van der Waals surface area contributed by atoms with Gasteiger partial charge in [-0.05, 0) is 33.1 Å². The first-order chi connectivity index (χ1) is 8.94. The molecule has 0 aromatic rings. The van der Waals surface area contributed by atoms with Gasteiger partial charge in [-0.25, -0.2) is 0 Å². The van der Waals surface area contributed by atoms with Gasteiger partial charge in [-0.2, -0.15) is 0 Å². The van der Waals surface area contributed by atoms with E-state index in [0.717, 1.165) is 32.1 Å². The highest BCUT2D eigenvalue weighted by Gasteiger charge is 2.43. The van der Waals surface area contributed by atoms with Crippen LogP contribution in [-0.4, -0.2) is 34.3 Å². The van der Waals surface area contributed by atoms with Crippen molar-refractivity contribution in [3.05, 3.63) is 0 Å². The first kappa shape index (κ1) is 14.5. The lowest BCUT2D eigenvalue weighted by atomic mass is 9.94. The van der Waals surface area contributed by atoms with Crippen molar-refractivity contribution >= 4 is 11.8 Å². The van der Waals surface area contributed by atoms with Crippen LogP contribution in [-0.2, 0) is 9.59 Å². The highest BCUT2D eigenvalue weighted by molar-refractivity contribution is 6.05. The second-order valence-electron chi connectivity index (χ2n) is 6.53. The van der Waals surface area contributed by atoms with Crippen molar-refractivity contribution < 1.29 is 9.59 Å². The SMILES string of the molecule is CCC(C)(C)NC1CC(=O)N(C2CCCCC2)C1=O. The van der Waals surface area contributed by atoms with Crippen molar-refractivity contribution in [1.29, 1.82) is 0 Å². The Morgan fingerprint density at radius 1 is 1.21 bits per heavy atom. The van der Waals surface area contributed by atoms with Crippen molar-refractivity contribution in [1.82, 2.24) is 10.2 Å². The van der Waals surface area contributed by atoms with E-state index in [9.17, 15) is 9.59 Å². The summed E-state index contributed by atoms with van der Waals surface area (Å²) in [6, 6.07) is -0.158. The number of imide groups is 1. The number of carbonyl (C=O) groups is 2. The van der Waals surface area contributed by atoms with E-state index < -0.39 is 0 Å². The maximum absolute atomic E-state index is 12.5. The van der Waals surface area contributed by atoms with Crippen molar-refractivity contribution in [2.45, 2.75) is 83.3 Å². The maximum Gasteiger partial charge on any atom is 0.247 e. The van der Waals surface area contributed by atoms with E-state index in [0.29, 0.717) is 6.42 Å². The van der Waals surface area contributed by atoms with Gasteiger partial charge in [0.25, 0.3) is 0 Å². The number of carbonyl (C=O) groups excluding carboxylic acids is 2. The molecule has 0 aromatic carbocycles. The predicted molar refractivity (Wildman–Crippen MR) is 74.6 cm³/mol. The lowest BCUT2D eigenvalue weighted by Gasteiger charge is -2.31. The van der Waals surface area contributed by atoms with Gasteiger partial charge in [0.2, 0.25) is 11.8 Å². The molecule has 2 rings (SSSR count). The van der Waals surface area contributed by atoms with Crippen LogP contribution >= 0.6 is 0 Å². The van der Waals surface area contributed by atoms with Crippen molar-refractivity contribution in [3.8, 4) is 0 Å². The molecule has 0 spiro atoms. The second-order valence-corrected chi connectivity index (χ2v) is 6.53. The van der Waals surface area contributed by atoms with E-state index in [4.69, 9.17) is 0 Å². The van der Waals surface area contributed by atoms with Crippen LogP contribution in [0.1, 0.15) is 65.7 Å². The minimum atomic E-state index is -0.315. The molecule has 1 aliphatic heterocycles. The summed E-state index contributed by atoms with van der Waals surface area (Å²) in [5, 5.41) is 3.34. The Morgan fingerprint density at radius 3 is 2.42 bits per heavy atom. The topological polar surface area (TPSA) is 49.4 Å². The average molecular weight is 266 g/mol. The van der Waals surface area contributed by atoms with Gasteiger partial charge < -0.3 is 5.32 Å². The number of rotatable bonds is 4. The molecule has 1 saturated heterocycles. The molecule has 0 radical (unpaired) electrons. The van der Waals surface area contributed by atoms with Crippen LogP contribution in [0.15, 0.2) is 0 Å². The molecular formula is C15H26N2O2. The number of hydrogen-bond donors (Lipinski definition) is 1. The standard InChI is InChI=1S/C15H26N2O2/c1-4-15(2,3)16-12-10-13(18)17(14(12)19)11-8-6-5-7-9-11/h11-12,16H,4-10H2,1-3H3.